The summed E-state index contributed by atoms with van der Waals surface area (Å²) in [5.41, 5.74) is 0.668. The van der Waals surface area contributed by atoms with Crippen LogP contribution in [0, 0.1) is 0 Å². The third-order valence-corrected chi connectivity index (χ3v) is 5.36. The van der Waals surface area contributed by atoms with Crippen LogP contribution in [0.5, 0.6) is 0 Å². The lowest BCUT2D eigenvalue weighted by Gasteiger charge is -2.02. The topological polar surface area (TPSA) is 42.2 Å². The first kappa shape index (κ1) is 15.5. The molecule has 0 bridgehead atoms. The minimum atomic E-state index is -0.191. The van der Waals surface area contributed by atoms with Crippen LogP contribution < -0.4 is 5.32 Å². The molecule has 0 radical (unpaired) electrons. The van der Waals surface area contributed by atoms with Crippen molar-refractivity contribution in [2.45, 2.75) is 5.75 Å². The zero-order chi connectivity index (χ0) is 15.4. The lowest BCUT2D eigenvalue weighted by Crippen LogP contribution is -2.25. The average Bonchev–Trinajstić information content (AvgIpc) is 3.15. The van der Waals surface area contributed by atoms with Crippen LogP contribution in [-0.2, 0) is 5.75 Å². The lowest BCUT2D eigenvalue weighted by atomic mass is 10.2. The van der Waals surface area contributed by atoms with Crippen molar-refractivity contribution in [3.8, 4) is 0 Å². The molecule has 6 heteroatoms. The van der Waals surface area contributed by atoms with Gasteiger partial charge >= 0.3 is 0 Å². The maximum Gasteiger partial charge on any atom is 0.287 e. The summed E-state index contributed by atoms with van der Waals surface area (Å²) in [5, 5.41) is 6.41. The second-order valence-electron chi connectivity index (χ2n) is 4.68. The first-order chi connectivity index (χ1) is 10.7. The molecule has 22 heavy (non-hydrogen) atoms. The van der Waals surface area contributed by atoms with E-state index < -0.39 is 0 Å². The van der Waals surface area contributed by atoms with Gasteiger partial charge < -0.3 is 9.73 Å². The van der Waals surface area contributed by atoms with E-state index in [-0.39, 0.29) is 5.91 Å². The third kappa shape index (κ3) is 3.85. The number of carbonyl (C=O) groups excluding carboxylic acids is 1. The summed E-state index contributed by atoms with van der Waals surface area (Å²) in [6.07, 6.45) is 0. The molecule has 0 fully saturated rings. The van der Waals surface area contributed by atoms with E-state index in [1.807, 2.05) is 0 Å². The summed E-state index contributed by atoms with van der Waals surface area (Å²) < 4.78 is 5.52. The van der Waals surface area contributed by atoms with E-state index in [4.69, 9.17) is 16.0 Å². The Morgan fingerprint density at radius 3 is 3.05 bits per heavy atom. The van der Waals surface area contributed by atoms with Gasteiger partial charge in [0.2, 0.25) is 0 Å². The highest BCUT2D eigenvalue weighted by Crippen LogP contribution is 2.23. The summed E-state index contributed by atoms with van der Waals surface area (Å²) in [4.78, 5) is 13.4. The number of halogens is 1. The highest BCUT2D eigenvalue weighted by molar-refractivity contribution is 7.98. The minimum absolute atomic E-state index is 0.191. The van der Waals surface area contributed by atoms with E-state index in [0.29, 0.717) is 22.9 Å². The lowest BCUT2D eigenvalue weighted by molar-refractivity contribution is 0.0930. The number of rotatable bonds is 6. The third-order valence-electron chi connectivity index (χ3n) is 3.06. The number of thiophene rings is 1. The van der Waals surface area contributed by atoms with E-state index in [2.05, 4.69) is 22.8 Å². The summed E-state index contributed by atoms with van der Waals surface area (Å²) in [6, 6.07) is 11.2. The number of furan rings is 1. The average molecular weight is 352 g/mol. The first-order valence-electron chi connectivity index (χ1n) is 6.80. The number of thioether (sulfide) groups is 1. The van der Waals surface area contributed by atoms with E-state index in [0.717, 1.165) is 16.9 Å². The van der Waals surface area contributed by atoms with Gasteiger partial charge in [0.05, 0.1) is 0 Å². The smallest absolute Gasteiger partial charge is 0.287 e. The van der Waals surface area contributed by atoms with E-state index in [1.165, 1.54) is 4.88 Å². The van der Waals surface area contributed by atoms with Gasteiger partial charge in [0.25, 0.3) is 5.91 Å². The highest BCUT2D eigenvalue weighted by atomic mass is 35.5. The molecule has 0 aliphatic heterocycles. The molecule has 0 saturated heterocycles. The minimum Gasteiger partial charge on any atom is -0.451 e. The molecule has 0 aliphatic carbocycles. The molecule has 1 N–H and O–H groups in total. The molecule has 0 unspecified atom stereocenters. The summed E-state index contributed by atoms with van der Waals surface area (Å²) in [6.45, 7) is 0.618. The van der Waals surface area contributed by atoms with Crippen molar-refractivity contribution >= 4 is 51.6 Å². The van der Waals surface area contributed by atoms with Gasteiger partial charge in [-0.2, -0.15) is 11.8 Å². The zero-order valence-corrected chi connectivity index (χ0v) is 14.1. The van der Waals surface area contributed by atoms with Gasteiger partial charge in [0.1, 0.15) is 5.58 Å². The Hall–Kier alpha value is -1.43. The predicted octanol–water partition coefficient (Wildman–Crippen LogP) is 4.81. The number of nitrogens with one attached hydrogen (secondary N) is 1. The number of hydrogen-bond donors (Lipinski definition) is 1. The zero-order valence-electron chi connectivity index (χ0n) is 11.7. The molecule has 114 valence electrons. The van der Waals surface area contributed by atoms with Gasteiger partial charge in [0.15, 0.2) is 5.76 Å². The number of carbonyl (C=O) groups is 1. The number of hydrogen-bond acceptors (Lipinski definition) is 4. The highest BCUT2D eigenvalue weighted by Gasteiger charge is 2.11. The molecule has 0 spiro atoms. The summed E-state index contributed by atoms with van der Waals surface area (Å²) in [7, 11) is 0. The van der Waals surface area contributed by atoms with Crippen LogP contribution in [-0.4, -0.2) is 18.2 Å². The van der Waals surface area contributed by atoms with Gasteiger partial charge in [0, 0.05) is 33.3 Å². The Balaban J connectivity index is 1.48. The fourth-order valence-corrected chi connectivity index (χ4v) is 3.90. The number of amides is 1. The van der Waals surface area contributed by atoms with Crippen molar-refractivity contribution in [2.75, 3.05) is 12.3 Å². The van der Waals surface area contributed by atoms with Gasteiger partial charge in [-0.25, -0.2) is 0 Å². The monoisotopic (exact) mass is 351 g/mol. The molecule has 1 amide bonds. The molecular formula is C16H14ClNO2S2. The van der Waals surface area contributed by atoms with Crippen LogP contribution in [0.3, 0.4) is 0 Å². The fraction of sp³-hybridized carbons (Fsp3) is 0.188. The molecule has 1 aromatic carbocycles. The SMILES string of the molecule is O=C(NCCSCc1cccs1)c1cc2cc(Cl)ccc2o1. The van der Waals surface area contributed by atoms with Crippen LogP contribution in [0.2, 0.25) is 5.02 Å². The second kappa shape index (κ2) is 7.22. The number of fused-ring (bicyclic) bond motifs is 1. The van der Waals surface area contributed by atoms with Gasteiger partial charge in [-0.3, -0.25) is 4.79 Å². The molecule has 3 nitrogen and oxygen atoms in total. The van der Waals surface area contributed by atoms with Crippen LogP contribution in [0.25, 0.3) is 11.0 Å². The normalized spacial score (nSPS) is 11.0. The number of benzene rings is 1. The Morgan fingerprint density at radius 1 is 1.32 bits per heavy atom. The van der Waals surface area contributed by atoms with Crippen LogP contribution in [0.4, 0.5) is 0 Å². The van der Waals surface area contributed by atoms with Crippen molar-refractivity contribution in [3.05, 3.63) is 57.4 Å². The Bertz CT molecular complexity index is 768. The molecule has 0 saturated carbocycles. The Kier molecular flexibility index (Phi) is 5.08. The molecule has 2 heterocycles. The first-order valence-corrected chi connectivity index (χ1v) is 9.21. The second-order valence-corrected chi connectivity index (χ2v) is 7.25. The summed E-state index contributed by atoms with van der Waals surface area (Å²) in [5.74, 6) is 1.98. The molecule has 0 atom stereocenters. The fourth-order valence-electron chi connectivity index (χ4n) is 2.02. The van der Waals surface area contributed by atoms with E-state index >= 15 is 0 Å². The van der Waals surface area contributed by atoms with Gasteiger partial charge in [-0.15, -0.1) is 11.3 Å². The largest absolute Gasteiger partial charge is 0.451 e. The van der Waals surface area contributed by atoms with Crippen LogP contribution in [0.15, 0.2) is 46.2 Å². The predicted molar refractivity (Wildman–Crippen MR) is 94.0 cm³/mol. The van der Waals surface area contributed by atoms with Crippen molar-refractivity contribution < 1.29 is 9.21 Å². The van der Waals surface area contributed by atoms with Crippen molar-refractivity contribution in [2.24, 2.45) is 0 Å². The Morgan fingerprint density at radius 2 is 2.23 bits per heavy atom. The van der Waals surface area contributed by atoms with Gasteiger partial charge in [-0.05, 0) is 35.7 Å². The molecular weight excluding hydrogens is 338 g/mol. The maximum absolute atomic E-state index is 12.0. The van der Waals surface area contributed by atoms with Crippen molar-refractivity contribution in [3.63, 3.8) is 0 Å². The Labute approximate surface area is 141 Å². The van der Waals surface area contributed by atoms with Crippen LogP contribution in [0.1, 0.15) is 15.4 Å². The van der Waals surface area contributed by atoms with Gasteiger partial charge in [-0.1, -0.05) is 17.7 Å². The standard InChI is InChI=1S/C16H14ClNO2S2/c17-12-3-4-14-11(8-12)9-15(20-14)16(19)18-5-7-21-10-13-2-1-6-22-13/h1-4,6,8-9H,5,7,10H2,(H,18,19). The maximum atomic E-state index is 12.0. The molecule has 3 rings (SSSR count). The molecule has 2 aromatic heterocycles. The molecule has 3 aromatic rings. The summed E-state index contributed by atoms with van der Waals surface area (Å²) >= 11 is 9.48. The quantitative estimate of drug-likeness (QED) is 0.648. The van der Waals surface area contributed by atoms with E-state index in [1.54, 1.807) is 47.4 Å². The molecule has 0 aliphatic rings. The van der Waals surface area contributed by atoms with Crippen molar-refractivity contribution in [1.29, 1.82) is 0 Å². The van der Waals surface area contributed by atoms with Crippen LogP contribution >= 0.6 is 34.7 Å². The van der Waals surface area contributed by atoms with Crippen molar-refractivity contribution in [1.82, 2.24) is 5.32 Å². The van der Waals surface area contributed by atoms with E-state index in [9.17, 15) is 4.79 Å².